The van der Waals surface area contributed by atoms with E-state index in [1.54, 1.807) is 12.0 Å². The number of ether oxygens (including phenoxy) is 2. The number of nitrogens with zero attached hydrogens (tertiary/aromatic N) is 1. The highest BCUT2D eigenvalue weighted by atomic mass is 16.6. The molecular formula is C14H28N2O3. The van der Waals surface area contributed by atoms with Crippen LogP contribution in [-0.4, -0.2) is 49.9 Å². The van der Waals surface area contributed by atoms with Gasteiger partial charge in [-0.1, -0.05) is 0 Å². The highest BCUT2D eigenvalue weighted by Crippen LogP contribution is 2.34. The minimum atomic E-state index is -0.452. The van der Waals surface area contributed by atoms with Crippen LogP contribution in [0.1, 0.15) is 40.0 Å². The van der Waals surface area contributed by atoms with Gasteiger partial charge < -0.3 is 20.1 Å². The van der Waals surface area contributed by atoms with Gasteiger partial charge in [0.1, 0.15) is 5.60 Å². The molecule has 1 unspecified atom stereocenters. The molecule has 0 aromatic carbocycles. The van der Waals surface area contributed by atoms with Crippen LogP contribution in [0.2, 0.25) is 0 Å². The lowest BCUT2D eigenvalue weighted by Crippen LogP contribution is -2.50. The average Bonchev–Trinajstić information content (AvgIpc) is 2.27. The standard InChI is InChI=1S/C14H28N2O3/c1-13(2,3)19-12(17)16-9-5-6-14(10-16,7-8-15)11-18-4/h5-11,15H2,1-4H3. The number of amides is 1. The van der Waals surface area contributed by atoms with Crippen LogP contribution < -0.4 is 5.73 Å². The summed E-state index contributed by atoms with van der Waals surface area (Å²) in [6.07, 6.45) is 2.67. The minimum absolute atomic E-state index is 0.0152. The van der Waals surface area contributed by atoms with Gasteiger partial charge in [-0.15, -0.1) is 0 Å². The van der Waals surface area contributed by atoms with Crippen LogP contribution in [0.3, 0.4) is 0 Å². The quantitative estimate of drug-likeness (QED) is 0.850. The van der Waals surface area contributed by atoms with Crippen LogP contribution >= 0.6 is 0 Å². The molecule has 5 heteroatoms. The maximum atomic E-state index is 12.1. The van der Waals surface area contributed by atoms with Gasteiger partial charge >= 0.3 is 6.09 Å². The molecule has 1 amide bonds. The van der Waals surface area contributed by atoms with Gasteiger partial charge in [0.15, 0.2) is 0 Å². The molecule has 0 aromatic heterocycles. The summed E-state index contributed by atoms with van der Waals surface area (Å²) in [6, 6.07) is 0. The van der Waals surface area contributed by atoms with E-state index < -0.39 is 5.60 Å². The zero-order valence-corrected chi connectivity index (χ0v) is 12.7. The van der Waals surface area contributed by atoms with Gasteiger partial charge in [0.05, 0.1) is 6.61 Å². The Morgan fingerprint density at radius 3 is 2.63 bits per heavy atom. The Bertz CT molecular complexity index is 288. The van der Waals surface area contributed by atoms with E-state index in [9.17, 15) is 4.79 Å². The van der Waals surface area contributed by atoms with Crippen molar-refractivity contribution in [3.05, 3.63) is 0 Å². The maximum absolute atomic E-state index is 12.1. The molecule has 2 N–H and O–H groups in total. The average molecular weight is 272 g/mol. The fourth-order valence-corrected chi connectivity index (χ4v) is 2.70. The molecule has 1 saturated heterocycles. The van der Waals surface area contributed by atoms with E-state index in [-0.39, 0.29) is 11.5 Å². The Hall–Kier alpha value is -0.810. The number of carbonyl (C=O) groups is 1. The minimum Gasteiger partial charge on any atom is -0.444 e. The lowest BCUT2D eigenvalue weighted by Gasteiger charge is -2.42. The number of rotatable bonds is 4. The summed E-state index contributed by atoms with van der Waals surface area (Å²) in [5, 5.41) is 0. The molecule has 0 aromatic rings. The van der Waals surface area contributed by atoms with E-state index in [1.807, 2.05) is 20.8 Å². The number of methoxy groups -OCH3 is 1. The summed E-state index contributed by atoms with van der Waals surface area (Å²) in [5.74, 6) is 0. The van der Waals surface area contributed by atoms with Crippen LogP contribution in [0.25, 0.3) is 0 Å². The van der Waals surface area contributed by atoms with Crippen molar-refractivity contribution in [2.75, 3.05) is 33.4 Å². The second-order valence-electron chi connectivity index (χ2n) is 6.48. The third-order valence-corrected chi connectivity index (χ3v) is 3.44. The van der Waals surface area contributed by atoms with E-state index in [4.69, 9.17) is 15.2 Å². The first-order chi connectivity index (χ1) is 8.82. The molecule has 5 nitrogen and oxygen atoms in total. The molecule has 0 saturated carbocycles. The van der Waals surface area contributed by atoms with Crippen LogP contribution in [-0.2, 0) is 9.47 Å². The van der Waals surface area contributed by atoms with Crippen molar-refractivity contribution in [3.8, 4) is 0 Å². The number of hydrogen-bond donors (Lipinski definition) is 1. The van der Waals surface area contributed by atoms with Gasteiger partial charge in [-0.3, -0.25) is 0 Å². The number of hydrogen-bond acceptors (Lipinski definition) is 4. The fraction of sp³-hybridized carbons (Fsp3) is 0.929. The lowest BCUT2D eigenvalue weighted by molar-refractivity contribution is -0.0179. The summed E-state index contributed by atoms with van der Waals surface area (Å²) in [7, 11) is 1.70. The number of piperidine rings is 1. The van der Waals surface area contributed by atoms with Crippen LogP contribution in [0.15, 0.2) is 0 Å². The first-order valence-corrected chi connectivity index (χ1v) is 6.99. The van der Waals surface area contributed by atoms with E-state index in [0.29, 0.717) is 19.7 Å². The highest BCUT2D eigenvalue weighted by molar-refractivity contribution is 5.68. The molecule has 1 aliphatic heterocycles. The smallest absolute Gasteiger partial charge is 0.410 e. The molecule has 112 valence electrons. The Balaban J connectivity index is 2.68. The summed E-state index contributed by atoms with van der Waals surface area (Å²) in [5.41, 5.74) is 5.24. The molecule has 1 rings (SSSR count). The maximum Gasteiger partial charge on any atom is 0.410 e. The number of carbonyl (C=O) groups excluding carboxylic acids is 1. The predicted molar refractivity (Wildman–Crippen MR) is 75.0 cm³/mol. The molecule has 19 heavy (non-hydrogen) atoms. The third-order valence-electron chi connectivity index (χ3n) is 3.44. The first kappa shape index (κ1) is 16.2. The van der Waals surface area contributed by atoms with Crippen molar-refractivity contribution in [2.45, 2.75) is 45.6 Å². The van der Waals surface area contributed by atoms with E-state index in [1.165, 1.54) is 0 Å². The predicted octanol–water partition coefficient (Wildman–Crippen LogP) is 2.00. The lowest BCUT2D eigenvalue weighted by atomic mass is 9.78. The van der Waals surface area contributed by atoms with Gasteiger partial charge in [0.2, 0.25) is 0 Å². The highest BCUT2D eigenvalue weighted by Gasteiger charge is 2.37. The van der Waals surface area contributed by atoms with Gasteiger partial charge in [-0.2, -0.15) is 0 Å². The van der Waals surface area contributed by atoms with Gasteiger partial charge in [-0.05, 0) is 46.6 Å². The van der Waals surface area contributed by atoms with Gasteiger partial charge in [-0.25, -0.2) is 4.79 Å². The van der Waals surface area contributed by atoms with Crippen LogP contribution in [0.4, 0.5) is 4.79 Å². The largest absolute Gasteiger partial charge is 0.444 e. The molecule has 0 spiro atoms. The van der Waals surface area contributed by atoms with Crippen molar-refractivity contribution in [1.82, 2.24) is 4.90 Å². The third kappa shape index (κ3) is 4.99. The van der Waals surface area contributed by atoms with E-state index in [2.05, 4.69) is 0 Å². The summed E-state index contributed by atoms with van der Waals surface area (Å²) in [4.78, 5) is 13.9. The second-order valence-corrected chi connectivity index (χ2v) is 6.48. The van der Waals surface area contributed by atoms with Gasteiger partial charge in [0.25, 0.3) is 0 Å². The number of likely N-dealkylation sites (tertiary alicyclic amines) is 1. The summed E-state index contributed by atoms with van der Waals surface area (Å²) < 4.78 is 10.8. The van der Waals surface area contributed by atoms with Crippen LogP contribution in [0.5, 0.6) is 0 Å². The summed E-state index contributed by atoms with van der Waals surface area (Å²) in [6.45, 7) is 8.35. The van der Waals surface area contributed by atoms with E-state index in [0.717, 1.165) is 25.8 Å². The normalized spacial score (nSPS) is 24.4. The Morgan fingerprint density at radius 1 is 1.42 bits per heavy atom. The van der Waals surface area contributed by atoms with Crippen molar-refractivity contribution >= 4 is 6.09 Å². The molecular weight excluding hydrogens is 244 g/mol. The van der Waals surface area contributed by atoms with Crippen molar-refractivity contribution in [1.29, 1.82) is 0 Å². The Morgan fingerprint density at radius 2 is 2.11 bits per heavy atom. The van der Waals surface area contributed by atoms with Crippen molar-refractivity contribution in [3.63, 3.8) is 0 Å². The SMILES string of the molecule is COCC1(CCN)CCCN(C(=O)OC(C)(C)C)C1. The zero-order chi connectivity index (χ0) is 14.5. The molecule has 1 aliphatic rings. The number of nitrogens with two attached hydrogens (primary N) is 1. The van der Waals surface area contributed by atoms with Crippen LogP contribution in [0, 0.1) is 5.41 Å². The zero-order valence-electron chi connectivity index (χ0n) is 12.7. The molecule has 1 heterocycles. The van der Waals surface area contributed by atoms with Gasteiger partial charge in [0, 0.05) is 25.6 Å². The Kier molecular flexibility index (Phi) is 5.62. The van der Waals surface area contributed by atoms with Crippen molar-refractivity contribution in [2.24, 2.45) is 11.1 Å². The topological polar surface area (TPSA) is 64.8 Å². The molecule has 0 aliphatic carbocycles. The molecule has 0 radical (unpaired) electrons. The second kappa shape index (κ2) is 6.57. The van der Waals surface area contributed by atoms with E-state index >= 15 is 0 Å². The van der Waals surface area contributed by atoms with Crippen molar-refractivity contribution < 1.29 is 14.3 Å². The fourth-order valence-electron chi connectivity index (χ4n) is 2.70. The molecule has 1 atom stereocenters. The summed E-state index contributed by atoms with van der Waals surface area (Å²) >= 11 is 0. The molecule has 1 fully saturated rings. The monoisotopic (exact) mass is 272 g/mol. The first-order valence-electron chi connectivity index (χ1n) is 6.99. The Labute approximate surface area is 116 Å². The molecule has 0 bridgehead atoms.